The molecule has 0 aliphatic carbocycles. The zero-order valence-electron chi connectivity index (χ0n) is 15.5. The van der Waals surface area contributed by atoms with Crippen LogP contribution in [0.1, 0.15) is 0 Å². The summed E-state index contributed by atoms with van der Waals surface area (Å²) in [5.74, 6) is -0.182. The molecule has 1 aromatic heterocycles. The number of thioether (sulfide) groups is 1. The van der Waals surface area contributed by atoms with Crippen molar-refractivity contribution < 1.29 is 4.79 Å². The van der Waals surface area contributed by atoms with E-state index in [0.717, 1.165) is 0 Å². The second-order valence-corrected chi connectivity index (χ2v) is 8.11. The minimum Gasteiger partial charge on any atom is -0.325 e. The van der Waals surface area contributed by atoms with E-state index in [2.05, 4.69) is 10.3 Å². The van der Waals surface area contributed by atoms with E-state index in [9.17, 15) is 9.59 Å². The van der Waals surface area contributed by atoms with E-state index in [1.54, 1.807) is 36.4 Å². The standard InChI is InChI=1S/C22H15Cl2N3O2S/c23-17-11-10-14(12-18(17)24)25-20(28)13-30-22-26-19-9-5-4-8-16(19)21(29)27(22)15-6-2-1-3-7-15/h1-12H,13H2,(H,25,28). The van der Waals surface area contributed by atoms with Crippen LogP contribution in [0, 0.1) is 0 Å². The molecule has 1 N–H and O–H groups in total. The first-order chi connectivity index (χ1) is 14.5. The normalized spacial score (nSPS) is 10.9. The van der Waals surface area contributed by atoms with E-state index in [0.29, 0.717) is 37.5 Å². The second kappa shape index (κ2) is 8.92. The highest BCUT2D eigenvalue weighted by Gasteiger charge is 2.15. The first-order valence-corrected chi connectivity index (χ1v) is 10.7. The summed E-state index contributed by atoms with van der Waals surface area (Å²) in [7, 11) is 0. The number of hydrogen-bond acceptors (Lipinski definition) is 4. The minimum absolute atomic E-state index is 0.0673. The molecule has 4 rings (SSSR count). The average molecular weight is 456 g/mol. The third-order valence-electron chi connectivity index (χ3n) is 4.30. The van der Waals surface area contributed by atoms with Crippen molar-refractivity contribution in [2.45, 2.75) is 5.16 Å². The van der Waals surface area contributed by atoms with Crippen LogP contribution >= 0.6 is 35.0 Å². The lowest BCUT2D eigenvalue weighted by Crippen LogP contribution is -2.22. The summed E-state index contributed by atoms with van der Waals surface area (Å²) in [6, 6.07) is 21.3. The Bertz CT molecular complexity index is 1290. The fraction of sp³-hybridized carbons (Fsp3) is 0.0455. The number of amides is 1. The molecule has 0 fully saturated rings. The molecule has 0 saturated heterocycles. The Kier molecular flexibility index (Phi) is 6.08. The molecule has 0 unspecified atom stereocenters. The molecule has 0 atom stereocenters. The lowest BCUT2D eigenvalue weighted by molar-refractivity contribution is -0.113. The van der Waals surface area contributed by atoms with Gasteiger partial charge in [0.05, 0.1) is 32.4 Å². The molecule has 30 heavy (non-hydrogen) atoms. The van der Waals surface area contributed by atoms with Crippen LogP contribution in [0.25, 0.3) is 16.6 Å². The van der Waals surface area contributed by atoms with Crippen LogP contribution in [-0.2, 0) is 4.79 Å². The van der Waals surface area contributed by atoms with Crippen LogP contribution in [0.4, 0.5) is 5.69 Å². The van der Waals surface area contributed by atoms with Gasteiger partial charge in [-0.25, -0.2) is 4.98 Å². The topological polar surface area (TPSA) is 64.0 Å². The molecular formula is C22H15Cl2N3O2S. The molecule has 5 nitrogen and oxygen atoms in total. The lowest BCUT2D eigenvalue weighted by atomic mass is 10.2. The third-order valence-corrected chi connectivity index (χ3v) is 5.97. The molecule has 0 aliphatic rings. The van der Waals surface area contributed by atoms with Gasteiger partial charge in [-0.2, -0.15) is 0 Å². The number of carbonyl (C=O) groups excluding carboxylic acids is 1. The van der Waals surface area contributed by atoms with Crippen LogP contribution in [0.2, 0.25) is 10.0 Å². The summed E-state index contributed by atoms with van der Waals surface area (Å²) >= 11 is 13.1. The molecule has 0 radical (unpaired) electrons. The number of nitrogens with one attached hydrogen (secondary N) is 1. The number of carbonyl (C=O) groups is 1. The van der Waals surface area contributed by atoms with Crippen molar-refractivity contribution in [2.24, 2.45) is 0 Å². The Balaban J connectivity index is 1.64. The van der Waals surface area contributed by atoms with E-state index < -0.39 is 0 Å². The van der Waals surface area contributed by atoms with Crippen molar-refractivity contribution in [2.75, 3.05) is 11.1 Å². The molecule has 8 heteroatoms. The third kappa shape index (κ3) is 4.36. The van der Waals surface area contributed by atoms with E-state index in [1.807, 2.05) is 36.4 Å². The molecule has 1 amide bonds. The first kappa shape index (κ1) is 20.5. The number of para-hydroxylation sites is 2. The maximum atomic E-state index is 13.1. The molecule has 3 aromatic carbocycles. The van der Waals surface area contributed by atoms with Crippen LogP contribution < -0.4 is 10.9 Å². The summed E-state index contributed by atoms with van der Waals surface area (Å²) in [6.07, 6.45) is 0. The molecule has 150 valence electrons. The van der Waals surface area contributed by atoms with Crippen LogP contribution in [0.15, 0.2) is 82.7 Å². The van der Waals surface area contributed by atoms with Crippen LogP contribution in [0.5, 0.6) is 0 Å². The number of aromatic nitrogens is 2. The average Bonchev–Trinajstić information content (AvgIpc) is 2.75. The van der Waals surface area contributed by atoms with Gasteiger partial charge in [-0.05, 0) is 42.5 Å². The predicted octanol–water partition coefficient (Wildman–Crippen LogP) is 5.42. The van der Waals surface area contributed by atoms with E-state index in [4.69, 9.17) is 23.2 Å². The molecule has 1 heterocycles. The van der Waals surface area contributed by atoms with Crippen LogP contribution in [0.3, 0.4) is 0 Å². The Hall–Kier alpha value is -2.80. The maximum Gasteiger partial charge on any atom is 0.266 e. The van der Waals surface area contributed by atoms with Gasteiger partial charge >= 0.3 is 0 Å². The number of anilines is 1. The van der Waals surface area contributed by atoms with Crippen molar-refractivity contribution in [3.05, 3.63) is 93.2 Å². The van der Waals surface area contributed by atoms with E-state index >= 15 is 0 Å². The zero-order chi connectivity index (χ0) is 21.1. The van der Waals surface area contributed by atoms with Gasteiger partial charge in [-0.15, -0.1) is 0 Å². The number of rotatable bonds is 5. The molecule has 0 saturated carbocycles. The summed E-state index contributed by atoms with van der Waals surface area (Å²) in [6.45, 7) is 0. The molecular weight excluding hydrogens is 441 g/mol. The van der Waals surface area contributed by atoms with Crippen molar-refractivity contribution in [1.82, 2.24) is 9.55 Å². The van der Waals surface area contributed by atoms with Gasteiger partial charge in [0.15, 0.2) is 5.16 Å². The Morgan fingerprint density at radius 1 is 0.967 bits per heavy atom. The van der Waals surface area contributed by atoms with E-state index in [-0.39, 0.29) is 17.2 Å². The Morgan fingerprint density at radius 3 is 2.47 bits per heavy atom. The van der Waals surface area contributed by atoms with Gasteiger partial charge in [-0.3, -0.25) is 14.2 Å². The summed E-state index contributed by atoms with van der Waals surface area (Å²) in [5.41, 5.74) is 1.64. The predicted molar refractivity (Wildman–Crippen MR) is 123 cm³/mol. The number of fused-ring (bicyclic) bond motifs is 1. The Labute approximate surface area is 186 Å². The highest BCUT2D eigenvalue weighted by Crippen LogP contribution is 2.26. The van der Waals surface area contributed by atoms with Gasteiger partial charge in [0, 0.05) is 5.69 Å². The molecule has 4 aromatic rings. The fourth-order valence-electron chi connectivity index (χ4n) is 2.91. The quantitative estimate of drug-likeness (QED) is 0.322. The van der Waals surface area contributed by atoms with Crippen molar-refractivity contribution >= 4 is 57.5 Å². The van der Waals surface area contributed by atoms with Crippen molar-refractivity contribution in [3.63, 3.8) is 0 Å². The van der Waals surface area contributed by atoms with Crippen molar-refractivity contribution in [3.8, 4) is 5.69 Å². The second-order valence-electron chi connectivity index (χ2n) is 6.35. The summed E-state index contributed by atoms with van der Waals surface area (Å²) in [4.78, 5) is 30.2. The highest BCUT2D eigenvalue weighted by molar-refractivity contribution is 7.99. The zero-order valence-corrected chi connectivity index (χ0v) is 17.8. The Morgan fingerprint density at radius 2 is 1.70 bits per heavy atom. The van der Waals surface area contributed by atoms with E-state index in [1.165, 1.54) is 16.3 Å². The van der Waals surface area contributed by atoms with Crippen LogP contribution in [-0.4, -0.2) is 21.2 Å². The summed E-state index contributed by atoms with van der Waals surface area (Å²) < 4.78 is 1.53. The fourth-order valence-corrected chi connectivity index (χ4v) is 4.03. The number of benzene rings is 3. The van der Waals surface area contributed by atoms with Gasteiger partial charge in [0.2, 0.25) is 5.91 Å². The maximum absolute atomic E-state index is 13.1. The van der Waals surface area contributed by atoms with Gasteiger partial charge in [0.25, 0.3) is 5.56 Å². The number of hydrogen-bond donors (Lipinski definition) is 1. The largest absolute Gasteiger partial charge is 0.325 e. The van der Waals surface area contributed by atoms with Gasteiger partial charge in [0.1, 0.15) is 0 Å². The highest BCUT2D eigenvalue weighted by atomic mass is 35.5. The minimum atomic E-state index is -0.250. The number of nitrogens with zero attached hydrogens (tertiary/aromatic N) is 2. The van der Waals surface area contributed by atoms with Crippen molar-refractivity contribution in [1.29, 1.82) is 0 Å². The first-order valence-electron chi connectivity index (χ1n) is 8.98. The molecule has 0 spiro atoms. The summed E-state index contributed by atoms with van der Waals surface area (Å²) in [5, 5.41) is 4.50. The van der Waals surface area contributed by atoms with Gasteiger partial charge < -0.3 is 5.32 Å². The lowest BCUT2D eigenvalue weighted by Gasteiger charge is -2.13. The smallest absolute Gasteiger partial charge is 0.266 e. The monoisotopic (exact) mass is 455 g/mol. The molecule has 0 bridgehead atoms. The molecule has 0 aliphatic heterocycles. The number of halogens is 2. The SMILES string of the molecule is O=C(CSc1nc2ccccc2c(=O)n1-c1ccccc1)Nc1ccc(Cl)c(Cl)c1. The van der Waals surface area contributed by atoms with Gasteiger partial charge in [-0.1, -0.05) is 65.3 Å².